The first-order chi connectivity index (χ1) is 17.6. The molecule has 2 aliphatic heterocycles. The minimum absolute atomic E-state index is 0.00297. The Labute approximate surface area is 225 Å². The normalized spacial score (nSPS) is 16.7. The molecule has 0 atom stereocenters. The fourth-order valence-electron chi connectivity index (χ4n) is 4.88. The van der Waals surface area contributed by atoms with Crippen molar-refractivity contribution in [3.8, 4) is 17.2 Å². The van der Waals surface area contributed by atoms with Gasteiger partial charge in [0.1, 0.15) is 11.6 Å². The van der Waals surface area contributed by atoms with Crippen molar-refractivity contribution < 1.29 is 28.1 Å². The second kappa shape index (κ2) is 10.9. The first kappa shape index (κ1) is 27.2. The number of hydrogen-bond acceptors (Lipinski definition) is 7. The van der Waals surface area contributed by atoms with Crippen LogP contribution in [0.4, 0.5) is 10.1 Å². The zero-order valence-electron chi connectivity index (χ0n) is 22.1. The maximum absolute atomic E-state index is 15.4. The maximum atomic E-state index is 15.4. The van der Waals surface area contributed by atoms with Gasteiger partial charge in [-0.15, -0.1) is 0 Å². The highest BCUT2D eigenvalue weighted by molar-refractivity contribution is 9.08. The molecule has 0 spiro atoms. The van der Waals surface area contributed by atoms with Crippen LogP contribution in [0.3, 0.4) is 0 Å². The van der Waals surface area contributed by atoms with Gasteiger partial charge in [0.05, 0.1) is 68.5 Å². The van der Waals surface area contributed by atoms with Crippen molar-refractivity contribution in [1.29, 1.82) is 0 Å². The number of carbonyl (C=O) groups is 1. The number of hydrogen-bond donors (Lipinski definition) is 0. The van der Waals surface area contributed by atoms with Gasteiger partial charge in [0, 0.05) is 30.8 Å². The number of halogens is 2. The maximum Gasteiger partial charge on any atom is 0.197 e. The van der Waals surface area contributed by atoms with Crippen molar-refractivity contribution in [1.82, 2.24) is 4.90 Å². The Morgan fingerprint density at radius 2 is 1.76 bits per heavy atom. The van der Waals surface area contributed by atoms with Gasteiger partial charge in [-0.2, -0.15) is 4.02 Å². The van der Waals surface area contributed by atoms with Gasteiger partial charge in [0.15, 0.2) is 23.1 Å². The van der Waals surface area contributed by atoms with Crippen molar-refractivity contribution in [2.45, 2.75) is 32.7 Å². The van der Waals surface area contributed by atoms with Crippen LogP contribution in [-0.2, 0) is 16.7 Å². The third kappa shape index (κ3) is 5.13. The quantitative estimate of drug-likeness (QED) is 0.440. The van der Waals surface area contributed by atoms with E-state index in [-0.39, 0.29) is 23.5 Å². The van der Waals surface area contributed by atoms with Crippen molar-refractivity contribution in [2.75, 3.05) is 59.1 Å². The summed E-state index contributed by atoms with van der Waals surface area (Å²) in [5.74, 6) is 0.718. The number of ketones is 1. The van der Waals surface area contributed by atoms with Crippen LogP contribution in [0.25, 0.3) is 0 Å². The lowest BCUT2D eigenvalue weighted by Crippen LogP contribution is -2.37. The van der Waals surface area contributed by atoms with E-state index < -0.39 is 5.82 Å². The molecule has 0 unspecified atom stereocenters. The van der Waals surface area contributed by atoms with Gasteiger partial charge >= 0.3 is 0 Å². The molecule has 0 amide bonds. The lowest BCUT2D eigenvalue weighted by atomic mass is 9.84. The SMILES string of the molecule is COc1cc2c(c(F)c1OC)C(=NBr)N(CC(=O)c1cc(N3CCOCC3)c(OC)c(C(C)(C)C)c1)C2. The number of anilines is 1. The van der Waals surface area contributed by atoms with Crippen LogP contribution in [0.15, 0.2) is 22.2 Å². The van der Waals surface area contributed by atoms with E-state index in [0.717, 1.165) is 17.0 Å². The third-order valence-corrected chi connectivity index (χ3v) is 7.08. The van der Waals surface area contributed by atoms with Gasteiger partial charge in [-0.1, -0.05) is 20.8 Å². The van der Waals surface area contributed by atoms with E-state index in [2.05, 4.69) is 45.8 Å². The molecule has 10 heteroatoms. The number of fused-ring (bicyclic) bond motifs is 1. The summed E-state index contributed by atoms with van der Waals surface area (Å²) in [6, 6.07) is 5.52. The molecule has 1 fully saturated rings. The highest BCUT2D eigenvalue weighted by atomic mass is 79.9. The van der Waals surface area contributed by atoms with Crippen molar-refractivity contribution in [3.05, 3.63) is 46.3 Å². The number of rotatable bonds is 7. The molecule has 2 aromatic rings. The van der Waals surface area contributed by atoms with E-state index in [0.29, 0.717) is 61.1 Å². The van der Waals surface area contributed by atoms with Crippen LogP contribution >= 0.6 is 16.1 Å². The number of ether oxygens (including phenoxy) is 4. The first-order valence-electron chi connectivity index (χ1n) is 12.1. The van der Waals surface area contributed by atoms with Crippen molar-refractivity contribution >= 4 is 33.5 Å². The van der Waals surface area contributed by atoms with E-state index in [9.17, 15) is 4.79 Å². The Hall–Kier alpha value is -2.85. The Bertz CT molecular complexity index is 1220. The molecule has 2 aromatic carbocycles. The molecule has 0 saturated carbocycles. The molecule has 0 aromatic heterocycles. The monoisotopic (exact) mass is 577 g/mol. The van der Waals surface area contributed by atoms with E-state index >= 15 is 4.39 Å². The second-order valence-electron chi connectivity index (χ2n) is 10.1. The van der Waals surface area contributed by atoms with E-state index in [1.165, 1.54) is 14.2 Å². The summed E-state index contributed by atoms with van der Waals surface area (Å²) in [5.41, 5.74) is 3.09. The summed E-state index contributed by atoms with van der Waals surface area (Å²) in [7, 11) is 4.51. The fourth-order valence-corrected chi connectivity index (χ4v) is 5.28. The second-order valence-corrected chi connectivity index (χ2v) is 10.4. The Morgan fingerprint density at radius 1 is 1.08 bits per heavy atom. The Balaban J connectivity index is 1.71. The standard InChI is InChI=1S/C27H33BrFN3O5/c1-27(2,3)18-11-16(12-19(24(18)35-5)31-7-9-37-10-8-31)20(33)15-32-14-17-13-21(34-4)25(36-6)23(29)22(17)26(32)30-28/h11-13H,7-10,14-15H2,1-6H3. The highest BCUT2D eigenvalue weighted by Gasteiger charge is 2.34. The number of methoxy groups -OCH3 is 3. The molecule has 2 aliphatic rings. The number of benzene rings is 2. The Kier molecular flexibility index (Phi) is 7.99. The van der Waals surface area contributed by atoms with Crippen molar-refractivity contribution in [2.24, 2.45) is 4.02 Å². The van der Waals surface area contributed by atoms with Crippen LogP contribution in [0.2, 0.25) is 0 Å². The van der Waals surface area contributed by atoms with Crippen molar-refractivity contribution in [3.63, 3.8) is 0 Å². The summed E-state index contributed by atoms with van der Waals surface area (Å²) in [4.78, 5) is 17.7. The topological polar surface area (TPSA) is 72.8 Å². The first-order valence-corrected chi connectivity index (χ1v) is 12.8. The zero-order valence-corrected chi connectivity index (χ0v) is 23.7. The van der Waals surface area contributed by atoms with Gasteiger partial charge in [-0.3, -0.25) is 4.79 Å². The van der Waals surface area contributed by atoms with Gasteiger partial charge < -0.3 is 28.7 Å². The summed E-state index contributed by atoms with van der Waals surface area (Å²) in [5, 5.41) is 0. The van der Waals surface area contributed by atoms with E-state index in [1.54, 1.807) is 18.1 Å². The number of amidine groups is 1. The average Bonchev–Trinajstić information content (AvgIpc) is 3.24. The van der Waals surface area contributed by atoms with Gasteiger partial charge in [-0.05, 0) is 29.2 Å². The van der Waals surface area contributed by atoms with Gasteiger partial charge in [-0.25, -0.2) is 4.39 Å². The van der Waals surface area contributed by atoms with E-state index in [1.807, 2.05) is 12.1 Å². The molecule has 0 aliphatic carbocycles. The number of nitrogens with zero attached hydrogens (tertiary/aromatic N) is 3. The molecule has 8 nitrogen and oxygen atoms in total. The molecule has 2 heterocycles. The zero-order chi connectivity index (χ0) is 26.9. The summed E-state index contributed by atoms with van der Waals surface area (Å²) >= 11 is 3.13. The lowest BCUT2D eigenvalue weighted by molar-refractivity contribution is 0.0963. The minimum Gasteiger partial charge on any atom is -0.494 e. The number of morpholine rings is 1. The molecule has 200 valence electrons. The average molecular weight is 578 g/mol. The lowest BCUT2D eigenvalue weighted by Gasteiger charge is -2.33. The molecule has 0 radical (unpaired) electrons. The number of Topliss-reactive ketones (excluding diaryl/α,β-unsaturated/α-hetero) is 1. The Morgan fingerprint density at radius 3 is 2.32 bits per heavy atom. The highest BCUT2D eigenvalue weighted by Crippen LogP contribution is 2.42. The van der Waals surface area contributed by atoms with E-state index in [4.69, 9.17) is 18.9 Å². The smallest absolute Gasteiger partial charge is 0.197 e. The van der Waals surface area contributed by atoms with Crippen LogP contribution in [0.1, 0.15) is 47.8 Å². The molecule has 4 rings (SSSR count). The molecular formula is C27H33BrFN3O5. The largest absolute Gasteiger partial charge is 0.494 e. The van der Waals surface area contributed by atoms with Crippen LogP contribution in [-0.4, -0.2) is 70.7 Å². The fraction of sp³-hybridized carbons (Fsp3) is 0.481. The van der Waals surface area contributed by atoms with Crippen LogP contribution in [0.5, 0.6) is 17.2 Å². The van der Waals surface area contributed by atoms with Gasteiger partial charge in [0.2, 0.25) is 0 Å². The summed E-state index contributed by atoms with van der Waals surface area (Å²) in [6.45, 7) is 9.26. The molecule has 0 bridgehead atoms. The molecule has 0 N–H and O–H groups in total. The predicted octanol–water partition coefficient (Wildman–Crippen LogP) is 4.74. The molecular weight excluding hydrogens is 545 g/mol. The minimum atomic E-state index is -0.570. The van der Waals surface area contributed by atoms with Crippen LogP contribution in [0, 0.1) is 5.82 Å². The number of carbonyl (C=O) groups excluding carboxylic acids is 1. The van der Waals surface area contributed by atoms with Crippen LogP contribution < -0.4 is 19.1 Å². The molecule has 1 saturated heterocycles. The third-order valence-electron chi connectivity index (χ3n) is 6.75. The van der Waals surface area contributed by atoms with Gasteiger partial charge in [0.25, 0.3) is 0 Å². The summed E-state index contributed by atoms with van der Waals surface area (Å²) in [6.07, 6.45) is 0. The molecule has 37 heavy (non-hydrogen) atoms. The predicted molar refractivity (Wildman–Crippen MR) is 144 cm³/mol. The summed E-state index contributed by atoms with van der Waals surface area (Å²) < 4.78 is 41.5.